The van der Waals surface area contributed by atoms with E-state index in [9.17, 15) is 18.4 Å². The van der Waals surface area contributed by atoms with Crippen LogP contribution in [0.5, 0.6) is 0 Å². The summed E-state index contributed by atoms with van der Waals surface area (Å²) in [6.07, 6.45) is 0. The summed E-state index contributed by atoms with van der Waals surface area (Å²) in [5.41, 5.74) is 5.91. The average molecular weight is 585 g/mol. The van der Waals surface area contributed by atoms with E-state index in [1.165, 1.54) is 36.4 Å². The van der Waals surface area contributed by atoms with Crippen molar-refractivity contribution in [2.75, 3.05) is 10.6 Å². The second-order valence-electron chi connectivity index (χ2n) is 10.1. The van der Waals surface area contributed by atoms with Crippen LogP contribution in [0.4, 0.5) is 20.2 Å². The number of H-pyrrole nitrogens is 2. The van der Waals surface area contributed by atoms with Crippen molar-refractivity contribution in [3.05, 3.63) is 132 Å². The lowest BCUT2D eigenvalue weighted by atomic mass is 10.1. The summed E-state index contributed by atoms with van der Waals surface area (Å²) >= 11 is 0. The van der Waals surface area contributed by atoms with Crippen LogP contribution < -0.4 is 10.6 Å². The minimum Gasteiger partial charge on any atom is -0.338 e. The lowest BCUT2D eigenvalue weighted by Gasteiger charge is -2.05. The number of aromatic amines is 2. The van der Waals surface area contributed by atoms with Crippen LogP contribution >= 0.6 is 0 Å². The number of aromatic nitrogens is 4. The molecule has 0 spiro atoms. The van der Waals surface area contributed by atoms with E-state index in [-0.39, 0.29) is 11.1 Å². The largest absolute Gasteiger partial charge is 0.338 e. The second-order valence-corrected chi connectivity index (χ2v) is 10.1. The molecule has 214 valence electrons. The standard InChI is InChI=1S/C34H22F2N6O2/c35-21-7-3-5-19(15-21)33(43)37-23-11-13-27-29(17-23)41-31(39-27)25-9-1-2-10-26(25)32-40-28-14-12-24(18-30(28)42-32)38-34(44)20-6-4-8-22(36)16-20/h1-18H,(H,37,43)(H,38,44)(H,39,41)(H,40,42). The zero-order valence-electron chi connectivity index (χ0n) is 22.9. The molecule has 0 atom stereocenters. The Morgan fingerprint density at radius 1 is 0.545 bits per heavy atom. The van der Waals surface area contributed by atoms with Gasteiger partial charge in [0, 0.05) is 33.6 Å². The number of nitrogens with one attached hydrogen (secondary N) is 4. The molecule has 0 aliphatic carbocycles. The lowest BCUT2D eigenvalue weighted by molar-refractivity contribution is 0.101. The Labute approximate surface area is 248 Å². The van der Waals surface area contributed by atoms with Crippen LogP contribution in [0.2, 0.25) is 0 Å². The highest BCUT2D eigenvalue weighted by atomic mass is 19.1. The van der Waals surface area contributed by atoms with Gasteiger partial charge in [0.25, 0.3) is 11.8 Å². The summed E-state index contributed by atoms with van der Waals surface area (Å²) in [5.74, 6) is -0.601. The van der Waals surface area contributed by atoms with E-state index in [1.54, 1.807) is 48.5 Å². The highest BCUT2D eigenvalue weighted by molar-refractivity contribution is 6.06. The molecule has 0 aliphatic rings. The Bertz CT molecular complexity index is 2060. The number of fused-ring (bicyclic) bond motifs is 2. The number of hydrogen-bond donors (Lipinski definition) is 4. The first-order chi connectivity index (χ1) is 21.4. The highest BCUT2D eigenvalue weighted by Gasteiger charge is 2.16. The van der Waals surface area contributed by atoms with Crippen molar-refractivity contribution >= 4 is 45.3 Å². The van der Waals surface area contributed by atoms with Crippen LogP contribution in [0.15, 0.2) is 109 Å². The Morgan fingerprint density at radius 2 is 1.00 bits per heavy atom. The SMILES string of the molecule is O=C(Nc1ccc2nc(-c3ccccc3-c3nc4ccc(NC(=O)c5cccc(F)c5)cc4[nH]3)[nH]c2c1)c1cccc(F)c1. The molecule has 7 rings (SSSR count). The molecule has 7 aromatic rings. The van der Waals surface area contributed by atoms with Crippen molar-refractivity contribution in [3.8, 4) is 22.8 Å². The van der Waals surface area contributed by atoms with Gasteiger partial charge in [-0.15, -0.1) is 0 Å². The van der Waals surface area contributed by atoms with Crippen LogP contribution in [0.25, 0.3) is 44.8 Å². The molecule has 8 nitrogen and oxygen atoms in total. The molecule has 4 N–H and O–H groups in total. The first kappa shape index (κ1) is 26.7. The molecule has 0 saturated carbocycles. The van der Waals surface area contributed by atoms with Crippen molar-refractivity contribution in [3.63, 3.8) is 0 Å². The molecule has 0 radical (unpaired) electrons. The number of hydrogen-bond acceptors (Lipinski definition) is 4. The molecule has 44 heavy (non-hydrogen) atoms. The summed E-state index contributed by atoms with van der Waals surface area (Å²) in [5, 5.41) is 5.59. The van der Waals surface area contributed by atoms with Crippen molar-refractivity contribution < 1.29 is 18.4 Å². The fourth-order valence-corrected chi connectivity index (χ4v) is 4.99. The molecular weight excluding hydrogens is 562 g/mol. The van der Waals surface area contributed by atoms with E-state index in [2.05, 4.69) is 20.6 Å². The molecule has 5 aromatic carbocycles. The van der Waals surface area contributed by atoms with Crippen LogP contribution in [0.1, 0.15) is 20.7 Å². The maximum atomic E-state index is 13.6. The number of halogens is 2. The van der Waals surface area contributed by atoms with E-state index >= 15 is 0 Å². The topological polar surface area (TPSA) is 116 Å². The van der Waals surface area contributed by atoms with Crippen LogP contribution in [0, 0.1) is 11.6 Å². The van der Waals surface area contributed by atoms with Gasteiger partial charge in [0.05, 0.1) is 22.1 Å². The number of nitrogens with zero attached hydrogens (tertiary/aromatic N) is 2. The average Bonchev–Trinajstić information content (AvgIpc) is 3.65. The third-order valence-corrected chi connectivity index (χ3v) is 7.09. The van der Waals surface area contributed by atoms with E-state index in [0.29, 0.717) is 45.1 Å². The molecule has 0 unspecified atom stereocenters. The Balaban J connectivity index is 1.16. The normalized spacial score (nSPS) is 11.1. The fourth-order valence-electron chi connectivity index (χ4n) is 4.99. The second kappa shape index (κ2) is 10.9. The third kappa shape index (κ3) is 5.27. The smallest absolute Gasteiger partial charge is 0.255 e. The minimum atomic E-state index is -0.484. The number of carbonyl (C=O) groups is 2. The van der Waals surface area contributed by atoms with E-state index < -0.39 is 23.4 Å². The van der Waals surface area contributed by atoms with Gasteiger partial charge in [-0.1, -0.05) is 36.4 Å². The molecular formula is C34H22F2N6O2. The predicted molar refractivity (Wildman–Crippen MR) is 165 cm³/mol. The van der Waals surface area contributed by atoms with Gasteiger partial charge in [-0.25, -0.2) is 18.7 Å². The van der Waals surface area contributed by atoms with E-state index in [4.69, 9.17) is 9.97 Å². The van der Waals surface area contributed by atoms with Crippen molar-refractivity contribution in [1.82, 2.24) is 19.9 Å². The van der Waals surface area contributed by atoms with Gasteiger partial charge in [-0.05, 0) is 72.8 Å². The zero-order valence-corrected chi connectivity index (χ0v) is 22.9. The van der Waals surface area contributed by atoms with Gasteiger partial charge in [-0.3, -0.25) is 9.59 Å². The van der Waals surface area contributed by atoms with Crippen LogP contribution in [0.3, 0.4) is 0 Å². The number of anilines is 2. The quantitative estimate of drug-likeness (QED) is 0.161. The first-order valence-corrected chi connectivity index (χ1v) is 13.6. The van der Waals surface area contributed by atoms with Crippen molar-refractivity contribution in [2.24, 2.45) is 0 Å². The summed E-state index contributed by atoms with van der Waals surface area (Å²) < 4.78 is 27.1. The van der Waals surface area contributed by atoms with Gasteiger partial charge >= 0.3 is 0 Å². The first-order valence-electron chi connectivity index (χ1n) is 13.6. The Kier molecular flexibility index (Phi) is 6.63. The van der Waals surface area contributed by atoms with Crippen molar-refractivity contribution in [1.29, 1.82) is 0 Å². The zero-order chi connectivity index (χ0) is 30.2. The highest BCUT2D eigenvalue weighted by Crippen LogP contribution is 2.32. The van der Waals surface area contributed by atoms with Gasteiger partial charge in [0.2, 0.25) is 0 Å². The summed E-state index contributed by atoms with van der Waals surface area (Å²) in [6.45, 7) is 0. The lowest BCUT2D eigenvalue weighted by Crippen LogP contribution is -2.11. The molecule has 2 aromatic heterocycles. The fraction of sp³-hybridized carbons (Fsp3) is 0. The number of amides is 2. The molecule has 10 heteroatoms. The maximum Gasteiger partial charge on any atom is 0.255 e. The molecule has 0 bridgehead atoms. The molecule has 0 fully saturated rings. The number of benzene rings is 5. The van der Waals surface area contributed by atoms with E-state index in [0.717, 1.165) is 11.1 Å². The van der Waals surface area contributed by atoms with Crippen LogP contribution in [-0.2, 0) is 0 Å². The summed E-state index contributed by atoms with van der Waals surface area (Å²) in [6, 6.07) is 29.3. The molecule has 0 saturated heterocycles. The molecule has 2 amide bonds. The third-order valence-electron chi connectivity index (χ3n) is 7.09. The maximum absolute atomic E-state index is 13.6. The van der Waals surface area contributed by atoms with Gasteiger partial charge in [-0.2, -0.15) is 0 Å². The number of imidazole rings is 2. The minimum absolute atomic E-state index is 0.219. The van der Waals surface area contributed by atoms with Gasteiger partial charge < -0.3 is 20.6 Å². The van der Waals surface area contributed by atoms with Gasteiger partial charge in [0.15, 0.2) is 0 Å². The van der Waals surface area contributed by atoms with Crippen LogP contribution in [-0.4, -0.2) is 31.8 Å². The van der Waals surface area contributed by atoms with Crippen molar-refractivity contribution in [2.45, 2.75) is 0 Å². The van der Waals surface area contributed by atoms with Gasteiger partial charge in [0.1, 0.15) is 23.3 Å². The number of rotatable bonds is 6. The summed E-state index contributed by atoms with van der Waals surface area (Å²) in [7, 11) is 0. The Morgan fingerprint density at radius 3 is 1.43 bits per heavy atom. The Hall–Kier alpha value is -6.16. The molecule has 2 heterocycles. The number of carbonyl (C=O) groups excluding carboxylic acids is 2. The van der Waals surface area contributed by atoms with E-state index in [1.807, 2.05) is 24.3 Å². The predicted octanol–water partition coefficient (Wildman–Crippen LogP) is 7.56. The molecule has 0 aliphatic heterocycles. The summed E-state index contributed by atoms with van der Waals surface area (Å²) in [4.78, 5) is 41.4. The monoisotopic (exact) mass is 584 g/mol.